The van der Waals surface area contributed by atoms with Crippen molar-refractivity contribution in [1.82, 2.24) is 5.32 Å². The van der Waals surface area contributed by atoms with Gasteiger partial charge >= 0.3 is 6.36 Å². The highest BCUT2D eigenvalue weighted by atomic mass is 19.4. The second-order valence-corrected chi connectivity index (χ2v) is 5.39. The summed E-state index contributed by atoms with van der Waals surface area (Å²) in [6.45, 7) is 6.52. The van der Waals surface area contributed by atoms with Crippen molar-refractivity contribution < 1.29 is 17.9 Å². The molecule has 0 bridgehead atoms. The lowest BCUT2D eigenvalue weighted by molar-refractivity contribution is -0.274. The highest BCUT2D eigenvalue weighted by Crippen LogP contribution is 2.34. The van der Waals surface area contributed by atoms with Crippen LogP contribution < -0.4 is 15.0 Å². The largest absolute Gasteiger partial charge is 0.573 e. The van der Waals surface area contributed by atoms with Crippen molar-refractivity contribution in [3.8, 4) is 5.75 Å². The predicted molar refractivity (Wildman–Crippen MR) is 76.6 cm³/mol. The van der Waals surface area contributed by atoms with E-state index in [0.717, 1.165) is 26.1 Å². The lowest BCUT2D eigenvalue weighted by Crippen LogP contribution is -2.48. The quantitative estimate of drug-likeness (QED) is 0.922. The lowest BCUT2D eigenvalue weighted by atomic mass is 9.93. The van der Waals surface area contributed by atoms with Gasteiger partial charge in [-0.15, -0.1) is 13.2 Å². The number of hydrogen-bond acceptors (Lipinski definition) is 3. The first-order valence-electron chi connectivity index (χ1n) is 7.24. The third-order valence-electron chi connectivity index (χ3n) is 3.80. The molecule has 0 spiro atoms. The molecule has 1 aliphatic rings. The molecular formula is C15H21F3N2O. The first kappa shape index (κ1) is 15.9. The Bertz CT molecular complexity index is 464. The first-order valence-corrected chi connectivity index (χ1v) is 7.24. The Morgan fingerprint density at radius 3 is 2.67 bits per heavy atom. The normalized spacial score (nSPS) is 23.2. The zero-order chi connectivity index (χ0) is 15.5. The van der Waals surface area contributed by atoms with Crippen LogP contribution in [0.4, 0.5) is 18.9 Å². The Labute approximate surface area is 123 Å². The van der Waals surface area contributed by atoms with Crippen molar-refractivity contribution in [3.05, 3.63) is 24.3 Å². The van der Waals surface area contributed by atoms with Gasteiger partial charge in [0.05, 0.1) is 5.69 Å². The Hall–Kier alpha value is -1.43. The molecule has 1 heterocycles. The number of rotatable bonds is 4. The van der Waals surface area contributed by atoms with E-state index in [0.29, 0.717) is 17.6 Å². The van der Waals surface area contributed by atoms with Crippen LogP contribution in [0.25, 0.3) is 0 Å². The number of halogens is 3. The molecule has 0 amide bonds. The molecule has 6 heteroatoms. The standard InChI is InChI=1S/C15H21F3N2O/c1-3-19-12-8-9-20(10-11(12)2)13-6-4-5-7-14(13)21-15(16,17)18/h4-7,11-12,19H,3,8-10H2,1-2H3. The van der Waals surface area contributed by atoms with E-state index < -0.39 is 6.36 Å². The molecule has 118 valence electrons. The highest BCUT2D eigenvalue weighted by molar-refractivity contribution is 5.58. The summed E-state index contributed by atoms with van der Waals surface area (Å²) in [6, 6.07) is 6.76. The molecule has 2 atom stereocenters. The molecule has 3 nitrogen and oxygen atoms in total. The van der Waals surface area contributed by atoms with E-state index in [9.17, 15) is 13.2 Å². The summed E-state index contributed by atoms with van der Waals surface area (Å²) >= 11 is 0. The Morgan fingerprint density at radius 2 is 2.05 bits per heavy atom. The SMILES string of the molecule is CCNC1CCN(c2ccccc2OC(F)(F)F)CC1C. The van der Waals surface area contributed by atoms with Gasteiger partial charge in [0, 0.05) is 19.1 Å². The fourth-order valence-electron chi connectivity index (χ4n) is 2.86. The molecule has 1 aliphatic heterocycles. The molecule has 0 aliphatic carbocycles. The van der Waals surface area contributed by atoms with Gasteiger partial charge in [0.25, 0.3) is 0 Å². The third-order valence-corrected chi connectivity index (χ3v) is 3.80. The Balaban J connectivity index is 2.12. The number of ether oxygens (including phenoxy) is 1. The molecule has 1 saturated heterocycles. The van der Waals surface area contributed by atoms with Gasteiger partial charge in [-0.3, -0.25) is 0 Å². The van der Waals surface area contributed by atoms with Gasteiger partial charge in [-0.1, -0.05) is 26.0 Å². The van der Waals surface area contributed by atoms with Crippen molar-refractivity contribution in [1.29, 1.82) is 0 Å². The number of hydrogen-bond donors (Lipinski definition) is 1. The maximum Gasteiger partial charge on any atom is 0.573 e. The summed E-state index contributed by atoms with van der Waals surface area (Å²) in [5.41, 5.74) is 0.511. The van der Waals surface area contributed by atoms with Gasteiger partial charge in [0.2, 0.25) is 0 Å². The molecule has 1 aromatic carbocycles. The average Bonchev–Trinajstić information content (AvgIpc) is 2.40. The van der Waals surface area contributed by atoms with Gasteiger partial charge in [0.15, 0.2) is 5.75 Å². The van der Waals surface area contributed by atoms with Crippen molar-refractivity contribution in [3.63, 3.8) is 0 Å². The number of nitrogens with one attached hydrogen (secondary N) is 1. The van der Waals surface area contributed by atoms with Crippen LogP contribution in [-0.4, -0.2) is 32.0 Å². The number of alkyl halides is 3. The molecule has 2 unspecified atom stereocenters. The first-order chi connectivity index (χ1) is 9.90. The third kappa shape index (κ3) is 4.27. The van der Waals surface area contributed by atoms with Gasteiger partial charge < -0.3 is 15.0 Å². The topological polar surface area (TPSA) is 24.5 Å². The summed E-state index contributed by atoms with van der Waals surface area (Å²) in [6.07, 6.45) is -3.75. The van der Waals surface area contributed by atoms with Crippen LogP contribution in [0.5, 0.6) is 5.75 Å². The van der Waals surface area contributed by atoms with Crippen LogP contribution in [0.3, 0.4) is 0 Å². The minimum Gasteiger partial charge on any atom is -0.404 e. The number of piperidine rings is 1. The fourth-order valence-corrected chi connectivity index (χ4v) is 2.86. The average molecular weight is 302 g/mol. The van der Waals surface area contributed by atoms with E-state index in [1.54, 1.807) is 18.2 Å². The Kier molecular flexibility index (Phi) is 4.98. The number of nitrogens with zero attached hydrogens (tertiary/aromatic N) is 1. The molecule has 21 heavy (non-hydrogen) atoms. The van der Waals surface area contributed by atoms with E-state index in [-0.39, 0.29) is 5.75 Å². The summed E-state index contributed by atoms with van der Waals surface area (Å²) in [7, 11) is 0. The molecule has 1 N–H and O–H groups in total. The van der Waals surface area contributed by atoms with Crippen LogP contribution in [0.2, 0.25) is 0 Å². The number of para-hydroxylation sites is 2. The summed E-state index contributed by atoms with van der Waals surface area (Å²) in [5.74, 6) is 0.247. The monoisotopic (exact) mass is 302 g/mol. The predicted octanol–water partition coefficient (Wildman–Crippen LogP) is 3.41. The molecule has 2 rings (SSSR count). The molecule has 0 aromatic heterocycles. The van der Waals surface area contributed by atoms with Gasteiger partial charge in [0.1, 0.15) is 0 Å². The highest BCUT2D eigenvalue weighted by Gasteiger charge is 2.33. The summed E-state index contributed by atoms with van der Waals surface area (Å²) in [5, 5.41) is 3.42. The maximum atomic E-state index is 12.5. The molecular weight excluding hydrogens is 281 g/mol. The van der Waals surface area contributed by atoms with E-state index in [1.807, 2.05) is 4.90 Å². The second-order valence-electron chi connectivity index (χ2n) is 5.39. The smallest absolute Gasteiger partial charge is 0.404 e. The van der Waals surface area contributed by atoms with Crippen molar-refractivity contribution >= 4 is 5.69 Å². The number of anilines is 1. The molecule has 0 saturated carbocycles. The van der Waals surface area contributed by atoms with Gasteiger partial charge in [-0.05, 0) is 31.0 Å². The van der Waals surface area contributed by atoms with Crippen LogP contribution >= 0.6 is 0 Å². The van der Waals surface area contributed by atoms with Crippen molar-refractivity contribution in [2.75, 3.05) is 24.5 Å². The van der Waals surface area contributed by atoms with E-state index in [2.05, 4.69) is 23.9 Å². The zero-order valence-electron chi connectivity index (χ0n) is 12.3. The van der Waals surface area contributed by atoms with Crippen molar-refractivity contribution in [2.45, 2.75) is 32.7 Å². The minimum atomic E-state index is -4.66. The zero-order valence-corrected chi connectivity index (χ0v) is 12.3. The van der Waals surface area contributed by atoms with Crippen LogP contribution in [0.15, 0.2) is 24.3 Å². The number of benzene rings is 1. The Morgan fingerprint density at radius 1 is 1.33 bits per heavy atom. The maximum absolute atomic E-state index is 12.5. The molecule has 0 radical (unpaired) electrons. The van der Waals surface area contributed by atoms with Gasteiger partial charge in [-0.25, -0.2) is 0 Å². The summed E-state index contributed by atoms with van der Waals surface area (Å²) in [4.78, 5) is 1.97. The van der Waals surface area contributed by atoms with E-state index in [1.165, 1.54) is 6.07 Å². The lowest BCUT2D eigenvalue weighted by Gasteiger charge is -2.39. The van der Waals surface area contributed by atoms with Crippen LogP contribution in [0.1, 0.15) is 20.3 Å². The molecule has 1 fully saturated rings. The second kappa shape index (κ2) is 6.56. The van der Waals surface area contributed by atoms with Gasteiger partial charge in [-0.2, -0.15) is 0 Å². The minimum absolute atomic E-state index is 0.126. The van der Waals surface area contributed by atoms with Crippen molar-refractivity contribution in [2.24, 2.45) is 5.92 Å². The molecule has 1 aromatic rings. The van der Waals surface area contributed by atoms with Crippen LogP contribution in [-0.2, 0) is 0 Å². The van der Waals surface area contributed by atoms with E-state index in [4.69, 9.17) is 0 Å². The summed E-state index contributed by atoms with van der Waals surface area (Å²) < 4.78 is 41.6. The van der Waals surface area contributed by atoms with E-state index >= 15 is 0 Å². The fraction of sp³-hybridized carbons (Fsp3) is 0.600. The van der Waals surface area contributed by atoms with Crippen LogP contribution in [0, 0.1) is 5.92 Å².